The van der Waals surface area contributed by atoms with Crippen LogP contribution in [-0.4, -0.2) is 23.0 Å². The molecule has 0 fully saturated rings. The van der Waals surface area contributed by atoms with Gasteiger partial charge in [-0.1, -0.05) is 0 Å². The second-order valence-corrected chi connectivity index (χ2v) is 3.46. The van der Waals surface area contributed by atoms with E-state index in [4.69, 9.17) is 4.74 Å². The standard InChI is InChI=1S/C12H11N3O3/c1-18-10-5-4-8(7-14-10)15-12(17)9-3-2-6-13-11(9)16/h2-7H,1H3,(H,13,16)(H,15,17). The van der Waals surface area contributed by atoms with Gasteiger partial charge in [-0.3, -0.25) is 9.59 Å². The Morgan fingerprint density at radius 2 is 2.22 bits per heavy atom. The van der Waals surface area contributed by atoms with Crippen LogP contribution in [-0.2, 0) is 0 Å². The Morgan fingerprint density at radius 3 is 2.83 bits per heavy atom. The normalized spacial score (nSPS) is 9.83. The van der Waals surface area contributed by atoms with Crippen molar-refractivity contribution in [1.82, 2.24) is 9.97 Å². The molecule has 6 nitrogen and oxygen atoms in total. The number of H-pyrrole nitrogens is 1. The fourth-order valence-electron chi connectivity index (χ4n) is 1.37. The molecular formula is C12H11N3O3. The fraction of sp³-hybridized carbons (Fsp3) is 0.0833. The van der Waals surface area contributed by atoms with Gasteiger partial charge in [-0.05, 0) is 18.2 Å². The van der Waals surface area contributed by atoms with Crippen LogP contribution in [0, 0.1) is 0 Å². The van der Waals surface area contributed by atoms with Gasteiger partial charge in [-0.15, -0.1) is 0 Å². The van der Waals surface area contributed by atoms with Gasteiger partial charge < -0.3 is 15.0 Å². The first-order chi connectivity index (χ1) is 8.70. The zero-order valence-corrected chi connectivity index (χ0v) is 9.64. The van der Waals surface area contributed by atoms with Gasteiger partial charge in [0.25, 0.3) is 11.5 Å². The van der Waals surface area contributed by atoms with Crippen LogP contribution in [0.5, 0.6) is 5.88 Å². The van der Waals surface area contributed by atoms with E-state index in [1.54, 1.807) is 18.2 Å². The highest BCUT2D eigenvalue weighted by Gasteiger charge is 2.09. The van der Waals surface area contributed by atoms with E-state index >= 15 is 0 Å². The van der Waals surface area contributed by atoms with Gasteiger partial charge >= 0.3 is 0 Å². The third-order valence-corrected chi connectivity index (χ3v) is 2.27. The van der Waals surface area contributed by atoms with Crippen molar-refractivity contribution in [3.8, 4) is 5.88 Å². The number of aromatic nitrogens is 2. The summed E-state index contributed by atoms with van der Waals surface area (Å²) in [7, 11) is 1.50. The summed E-state index contributed by atoms with van der Waals surface area (Å²) in [4.78, 5) is 29.6. The van der Waals surface area contributed by atoms with Crippen molar-refractivity contribution < 1.29 is 9.53 Å². The van der Waals surface area contributed by atoms with Crippen LogP contribution in [0.25, 0.3) is 0 Å². The van der Waals surface area contributed by atoms with Crippen molar-refractivity contribution in [2.45, 2.75) is 0 Å². The van der Waals surface area contributed by atoms with Crippen LogP contribution >= 0.6 is 0 Å². The molecule has 0 saturated heterocycles. The largest absolute Gasteiger partial charge is 0.481 e. The lowest BCUT2D eigenvalue weighted by atomic mass is 10.2. The molecule has 2 aromatic heterocycles. The Hall–Kier alpha value is -2.63. The second-order valence-electron chi connectivity index (χ2n) is 3.46. The van der Waals surface area contributed by atoms with E-state index < -0.39 is 11.5 Å². The number of ether oxygens (including phenoxy) is 1. The minimum atomic E-state index is -0.483. The molecule has 92 valence electrons. The molecule has 2 heterocycles. The van der Waals surface area contributed by atoms with Crippen LogP contribution in [0.1, 0.15) is 10.4 Å². The third kappa shape index (κ3) is 2.54. The maximum atomic E-state index is 11.8. The highest BCUT2D eigenvalue weighted by molar-refractivity contribution is 6.03. The van der Waals surface area contributed by atoms with Crippen molar-refractivity contribution in [1.29, 1.82) is 0 Å². The number of rotatable bonds is 3. The summed E-state index contributed by atoms with van der Waals surface area (Å²) < 4.78 is 4.90. The molecule has 2 rings (SSSR count). The Kier molecular flexibility index (Phi) is 3.38. The lowest BCUT2D eigenvalue weighted by Gasteiger charge is -2.04. The number of methoxy groups -OCH3 is 1. The van der Waals surface area contributed by atoms with Crippen LogP contribution in [0.4, 0.5) is 5.69 Å². The molecule has 0 bridgehead atoms. The first kappa shape index (κ1) is 11.8. The van der Waals surface area contributed by atoms with Gasteiger partial charge in [0.1, 0.15) is 5.56 Å². The number of pyridine rings is 2. The molecule has 0 spiro atoms. The number of nitrogens with one attached hydrogen (secondary N) is 2. The van der Waals surface area contributed by atoms with E-state index in [0.717, 1.165) is 0 Å². The Labute approximate surface area is 103 Å². The quantitative estimate of drug-likeness (QED) is 0.845. The topological polar surface area (TPSA) is 84.1 Å². The first-order valence-corrected chi connectivity index (χ1v) is 5.20. The van der Waals surface area contributed by atoms with Gasteiger partial charge in [-0.2, -0.15) is 0 Å². The predicted octanol–water partition coefficient (Wildman–Crippen LogP) is 1.03. The van der Waals surface area contributed by atoms with Gasteiger partial charge in [0.05, 0.1) is 19.0 Å². The van der Waals surface area contributed by atoms with Crippen molar-refractivity contribution in [2.24, 2.45) is 0 Å². The number of hydrogen-bond donors (Lipinski definition) is 2. The highest BCUT2D eigenvalue weighted by atomic mass is 16.5. The minimum Gasteiger partial charge on any atom is -0.481 e. The summed E-state index contributed by atoms with van der Waals surface area (Å²) in [5, 5.41) is 2.57. The van der Waals surface area contributed by atoms with Crippen LogP contribution in [0.3, 0.4) is 0 Å². The molecule has 1 amide bonds. The molecule has 0 radical (unpaired) electrons. The van der Waals surface area contributed by atoms with Crippen LogP contribution in [0.15, 0.2) is 41.5 Å². The summed E-state index contributed by atoms with van der Waals surface area (Å²) in [5.41, 5.74) is 0.105. The highest BCUT2D eigenvalue weighted by Crippen LogP contribution is 2.11. The van der Waals surface area contributed by atoms with Crippen molar-refractivity contribution >= 4 is 11.6 Å². The molecule has 0 saturated carbocycles. The summed E-state index contributed by atoms with van der Waals surface area (Å²) in [6, 6.07) is 6.29. The SMILES string of the molecule is COc1ccc(NC(=O)c2ccc[nH]c2=O)cn1. The third-order valence-electron chi connectivity index (χ3n) is 2.27. The van der Waals surface area contributed by atoms with Gasteiger partial charge in [0.2, 0.25) is 5.88 Å². The molecule has 0 aromatic carbocycles. The number of aromatic amines is 1. The fourth-order valence-corrected chi connectivity index (χ4v) is 1.37. The van der Waals surface area contributed by atoms with E-state index in [1.165, 1.54) is 25.6 Å². The van der Waals surface area contributed by atoms with E-state index in [-0.39, 0.29) is 5.56 Å². The summed E-state index contributed by atoms with van der Waals surface area (Å²) in [6.45, 7) is 0. The molecule has 18 heavy (non-hydrogen) atoms. The number of amides is 1. The zero-order valence-electron chi connectivity index (χ0n) is 9.64. The minimum absolute atomic E-state index is 0.0494. The average Bonchev–Trinajstić information content (AvgIpc) is 2.40. The monoisotopic (exact) mass is 245 g/mol. The predicted molar refractivity (Wildman–Crippen MR) is 65.8 cm³/mol. The molecule has 0 atom stereocenters. The zero-order chi connectivity index (χ0) is 13.0. The molecular weight excluding hydrogens is 234 g/mol. The van der Waals surface area contributed by atoms with Crippen molar-refractivity contribution in [3.63, 3.8) is 0 Å². The van der Waals surface area contributed by atoms with Crippen LogP contribution < -0.4 is 15.6 Å². The number of hydrogen-bond acceptors (Lipinski definition) is 4. The number of carbonyl (C=O) groups excluding carboxylic acids is 1. The van der Waals surface area contributed by atoms with Gasteiger partial charge in [0, 0.05) is 12.3 Å². The molecule has 0 aliphatic carbocycles. The molecule has 0 unspecified atom stereocenters. The molecule has 2 aromatic rings. The molecule has 0 aliphatic rings. The van der Waals surface area contributed by atoms with E-state index in [0.29, 0.717) is 11.6 Å². The van der Waals surface area contributed by atoms with E-state index in [9.17, 15) is 9.59 Å². The number of anilines is 1. The lowest BCUT2D eigenvalue weighted by molar-refractivity contribution is 0.102. The van der Waals surface area contributed by atoms with Crippen molar-refractivity contribution in [3.05, 3.63) is 52.6 Å². The Balaban J connectivity index is 2.16. The maximum absolute atomic E-state index is 11.8. The van der Waals surface area contributed by atoms with Gasteiger partial charge in [-0.25, -0.2) is 4.98 Å². The summed E-state index contributed by atoms with van der Waals surface area (Å²) >= 11 is 0. The smallest absolute Gasteiger partial charge is 0.261 e. The Morgan fingerprint density at radius 1 is 1.39 bits per heavy atom. The summed E-state index contributed by atoms with van der Waals surface area (Å²) in [5.74, 6) is -0.0330. The van der Waals surface area contributed by atoms with E-state index in [2.05, 4.69) is 15.3 Å². The van der Waals surface area contributed by atoms with Crippen molar-refractivity contribution in [2.75, 3.05) is 12.4 Å². The molecule has 6 heteroatoms. The number of carbonyl (C=O) groups is 1. The van der Waals surface area contributed by atoms with Crippen LogP contribution in [0.2, 0.25) is 0 Å². The maximum Gasteiger partial charge on any atom is 0.261 e. The van der Waals surface area contributed by atoms with Gasteiger partial charge in [0.15, 0.2) is 0 Å². The first-order valence-electron chi connectivity index (χ1n) is 5.20. The lowest BCUT2D eigenvalue weighted by Crippen LogP contribution is -2.22. The van der Waals surface area contributed by atoms with E-state index in [1.807, 2.05) is 0 Å². The average molecular weight is 245 g/mol. The molecule has 0 aliphatic heterocycles. The Bertz CT molecular complexity index is 604. The molecule has 2 N–H and O–H groups in total. The second kappa shape index (κ2) is 5.13. The number of nitrogens with zero attached hydrogens (tertiary/aromatic N) is 1. The summed E-state index contributed by atoms with van der Waals surface area (Å²) in [6.07, 6.45) is 2.92.